The van der Waals surface area contributed by atoms with Crippen LogP contribution in [0.15, 0.2) is 54.6 Å². The highest BCUT2D eigenvalue weighted by Gasteiger charge is 2.15. The lowest BCUT2D eigenvalue weighted by Gasteiger charge is -2.22. The zero-order chi connectivity index (χ0) is 24.7. The van der Waals surface area contributed by atoms with E-state index in [0.29, 0.717) is 6.42 Å². The molecule has 3 aromatic carbocycles. The first-order valence-corrected chi connectivity index (χ1v) is 14.0. The molecule has 0 aliphatic rings. The Balaban J connectivity index is 1.50. The van der Waals surface area contributed by atoms with Crippen LogP contribution >= 0.6 is 0 Å². The van der Waals surface area contributed by atoms with Gasteiger partial charge in [-0.05, 0) is 48.9 Å². The van der Waals surface area contributed by atoms with E-state index >= 15 is 0 Å². The molecule has 0 aliphatic heterocycles. The minimum Gasteiger partial charge on any atom is -0.489 e. The van der Waals surface area contributed by atoms with Gasteiger partial charge in [-0.3, -0.25) is 4.79 Å². The Morgan fingerprint density at radius 1 is 0.714 bits per heavy atom. The van der Waals surface area contributed by atoms with Crippen molar-refractivity contribution >= 4 is 27.5 Å². The fourth-order valence-electron chi connectivity index (χ4n) is 5.04. The summed E-state index contributed by atoms with van der Waals surface area (Å²) in [6.07, 6.45) is 17.2. The van der Waals surface area contributed by atoms with Gasteiger partial charge in [0, 0.05) is 17.2 Å². The third kappa shape index (κ3) is 9.20. The van der Waals surface area contributed by atoms with Gasteiger partial charge in [0.05, 0.1) is 6.10 Å². The van der Waals surface area contributed by atoms with Crippen LogP contribution in [0.25, 0.3) is 21.5 Å². The van der Waals surface area contributed by atoms with Crippen molar-refractivity contribution in [1.82, 2.24) is 0 Å². The second-order valence-electron chi connectivity index (χ2n) is 10.00. The minimum atomic E-state index is -0.671. The predicted octanol–water partition coefficient (Wildman–Crippen LogP) is 9.70. The van der Waals surface area contributed by atoms with E-state index in [1.807, 2.05) is 0 Å². The fourth-order valence-corrected chi connectivity index (χ4v) is 5.04. The number of carbonyl (C=O) groups is 1. The Hall–Kier alpha value is -2.55. The zero-order valence-corrected chi connectivity index (χ0v) is 21.6. The molecular formula is C32H44O3. The highest BCUT2D eigenvalue weighted by molar-refractivity contribution is 6.05. The molecule has 1 N–H and O–H groups in total. The van der Waals surface area contributed by atoms with Gasteiger partial charge in [-0.15, -0.1) is 0 Å². The molecule has 3 nitrogen and oxygen atoms in total. The number of aliphatic carboxylic acids is 1. The van der Waals surface area contributed by atoms with Crippen molar-refractivity contribution < 1.29 is 14.6 Å². The molecule has 0 fully saturated rings. The summed E-state index contributed by atoms with van der Waals surface area (Å²) < 4.78 is 6.85. The molecule has 1 atom stereocenters. The van der Waals surface area contributed by atoms with Gasteiger partial charge in [0.25, 0.3) is 0 Å². The van der Waals surface area contributed by atoms with Crippen LogP contribution < -0.4 is 4.74 Å². The summed E-state index contributed by atoms with van der Waals surface area (Å²) in [5.74, 6) is 0.388. The van der Waals surface area contributed by atoms with Gasteiger partial charge in [-0.1, -0.05) is 113 Å². The molecule has 0 amide bonds. The molecular weight excluding hydrogens is 432 g/mol. The van der Waals surface area contributed by atoms with Gasteiger partial charge in [0.15, 0.2) is 0 Å². The predicted molar refractivity (Wildman–Crippen MR) is 148 cm³/mol. The van der Waals surface area contributed by atoms with E-state index in [1.165, 1.54) is 85.8 Å². The number of hydrogen-bond acceptors (Lipinski definition) is 2. The molecule has 0 saturated carbocycles. The van der Waals surface area contributed by atoms with Crippen molar-refractivity contribution in [3.8, 4) is 5.75 Å². The van der Waals surface area contributed by atoms with Crippen molar-refractivity contribution in [3.05, 3.63) is 54.6 Å². The van der Waals surface area contributed by atoms with Gasteiger partial charge in [-0.25, -0.2) is 0 Å². The maximum Gasteiger partial charge on any atom is 0.303 e. The molecule has 35 heavy (non-hydrogen) atoms. The Kier molecular flexibility index (Phi) is 11.9. The third-order valence-corrected chi connectivity index (χ3v) is 7.05. The smallest absolute Gasteiger partial charge is 0.303 e. The van der Waals surface area contributed by atoms with E-state index in [0.717, 1.165) is 31.4 Å². The number of unbranched alkanes of at least 4 members (excludes halogenated alkanes) is 10. The maximum absolute atomic E-state index is 10.6. The topological polar surface area (TPSA) is 46.5 Å². The number of carboxylic acids is 1. The fraction of sp³-hybridized carbons (Fsp3) is 0.531. The molecule has 0 unspecified atom stereocenters. The largest absolute Gasteiger partial charge is 0.489 e. The Morgan fingerprint density at radius 3 is 1.74 bits per heavy atom. The van der Waals surface area contributed by atoms with E-state index in [-0.39, 0.29) is 6.10 Å². The van der Waals surface area contributed by atoms with Crippen LogP contribution in [0.5, 0.6) is 5.75 Å². The van der Waals surface area contributed by atoms with E-state index in [4.69, 9.17) is 9.84 Å². The summed E-state index contributed by atoms with van der Waals surface area (Å²) in [4.78, 5) is 10.6. The van der Waals surface area contributed by atoms with Gasteiger partial charge >= 0.3 is 5.97 Å². The Morgan fingerprint density at radius 2 is 1.20 bits per heavy atom. The second kappa shape index (κ2) is 15.4. The second-order valence-corrected chi connectivity index (χ2v) is 10.00. The first-order valence-electron chi connectivity index (χ1n) is 14.0. The Bertz CT molecular complexity index is 972. The van der Waals surface area contributed by atoms with E-state index in [1.54, 1.807) is 0 Å². The summed E-state index contributed by atoms with van der Waals surface area (Å²) >= 11 is 0. The average Bonchev–Trinajstić information content (AvgIpc) is 2.86. The van der Waals surface area contributed by atoms with Crippen molar-refractivity contribution in [1.29, 1.82) is 0 Å². The van der Waals surface area contributed by atoms with Crippen LogP contribution in [-0.2, 0) is 4.79 Å². The Labute approximate surface area is 211 Å². The van der Waals surface area contributed by atoms with E-state index in [2.05, 4.69) is 61.5 Å². The number of carboxylic acid groups (broad SMARTS) is 1. The molecule has 0 heterocycles. The lowest BCUT2D eigenvalue weighted by atomic mass is 10.0. The number of ether oxygens (including phenoxy) is 1. The number of rotatable bonds is 18. The van der Waals surface area contributed by atoms with E-state index in [9.17, 15) is 4.79 Å². The van der Waals surface area contributed by atoms with Crippen LogP contribution in [0.1, 0.15) is 103 Å². The summed E-state index contributed by atoms with van der Waals surface area (Å²) in [7, 11) is 0. The monoisotopic (exact) mass is 476 g/mol. The molecule has 3 aromatic rings. The zero-order valence-electron chi connectivity index (χ0n) is 21.6. The van der Waals surface area contributed by atoms with Gasteiger partial charge in [0.1, 0.15) is 5.75 Å². The van der Waals surface area contributed by atoms with Crippen molar-refractivity contribution in [2.24, 2.45) is 0 Å². The average molecular weight is 477 g/mol. The van der Waals surface area contributed by atoms with Gasteiger partial charge in [-0.2, -0.15) is 0 Å². The van der Waals surface area contributed by atoms with Crippen LogP contribution in [0, 0.1) is 0 Å². The molecule has 0 bridgehead atoms. The molecule has 3 rings (SSSR count). The summed E-state index contributed by atoms with van der Waals surface area (Å²) in [6, 6.07) is 19.5. The first-order chi connectivity index (χ1) is 17.2. The standard InChI is InChI=1S/C32H44O3/c1-2-3-11-20-28(21-12-9-7-5-4-6-8-10-13-24-31(33)34)35-32-29-22-16-14-18-26(29)25-27-19-15-17-23-30(27)32/h14-19,22-23,25,28H,2-13,20-21,24H2,1H3,(H,33,34)/t28-/m0/s1. The maximum atomic E-state index is 10.6. The van der Waals surface area contributed by atoms with Crippen molar-refractivity contribution in [3.63, 3.8) is 0 Å². The lowest BCUT2D eigenvalue weighted by molar-refractivity contribution is -0.137. The number of fused-ring (bicyclic) bond motifs is 2. The molecule has 0 aliphatic carbocycles. The van der Waals surface area contributed by atoms with Crippen molar-refractivity contribution in [2.45, 2.75) is 109 Å². The first kappa shape index (κ1) is 27.0. The highest BCUT2D eigenvalue weighted by Crippen LogP contribution is 2.36. The van der Waals surface area contributed by atoms with Crippen LogP contribution in [0.4, 0.5) is 0 Å². The number of benzene rings is 3. The summed E-state index contributed by atoms with van der Waals surface area (Å²) in [5.41, 5.74) is 0. The van der Waals surface area contributed by atoms with E-state index < -0.39 is 5.97 Å². The van der Waals surface area contributed by atoms with Crippen LogP contribution in [-0.4, -0.2) is 17.2 Å². The quantitative estimate of drug-likeness (QED) is 0.147. The molecule has 0 spiro atoms. The lowest BCUT2D eigenvalue weighted by Crippen LogP contribution is -2.17. The van der Waals surface area contributed by atoms with Gasteiger partial charge < -0.3 is 9.84 Å². The molecule has 190 valence electrons. The normalized spacial score (nSPS) is 12.3. The highest BCUT2D eigenvalue weighted by atomic mass is 16.5. The molecule has 3 heteroatoms. The third-order valence-electron chi connectivity index (χ3n) is 7.05. The summed E-state index contributed by atoms with van der Waals surface area (Å²) in [5, 5.41) is 13.6. The number of hydrogen-bond donors (Lipinski definition) is 1. The van der Waals surface area contributed by atoms with Crippen LogP contribution in [0.3, 0.4) is 0 Å². The molecule has 0 aromatic heterocycles. The summed E-state index contributed by atoms with van der Waals surface area (Å²) in [6.45, 7) is 2.26. The SMILES string of the molecule is CCCCC[C@@H](CCCCCCCCCCCC(=O)O)Oc1c2ccccc2cc2ccccc12. The molecule has 0 saturated heterocycles. The van der Waals surface area contributed by atoms with Crippen molar-refractivity contribution in [2.75, 3.05) is 0 Å². The molecule has 0 radical (unpaired) electrons. The van der Waals surface area contributed by atoms with Gasteiger partial charge in [0.2, 0.25) is 0 Å². The van der Waals surface area contributed by atoms with Crippen LogP contribution in [0.2, 0.25) is 0 Å². The minimum absolute atomic E-state index is 0.269.